The number of rotatable bonds is 5. The van der Waals surface area contributed by atoms with E-state index in [1.165, 1.54) is 6.33 Å². The van der Waals surface area contributed by atoms with Gasteiger partial charge in [0.15, 0.2) is 0 Å². The highest BCUT2D eigenvalue weighted by Gasteiger charge is 2.10. The van der Waals surface area contributed by atoms with Crippen molar-refractivity contribution < 1.29 is 4.74 Å². The van der Waals surface area contributed by atoms with Crippen LogP contribution >= 0.6 is 27.5 Å². The molecule has 0 aliphatic rings. The van der Waals surface area contributed by atoms with Gasteiger partial charge < -0.3 is 9.64 Å². The molecule has 1 aromatic rings. The van der Waals surface area contributed by atoms with Gasteiger partial charge in [-0.3, -0.25) is 0 Å². The molecule has 4 nitrogen and oxygen atoms in total. The number of anilines is 1. The Morgan fingerprint density at radius 2 is 2.19 bits per heavy atom. The van der Waals surface area contributed by atoms with Gasteiger partial charge in [0.05, 0.1) is 17.2 Å². The molecule has 0 saturated carbocycles. The van der Waals surface area contributed by atoms with E-state index in [4.69, 9.17) is 16.3 Å². The van der Waals surface area contributed by atoms with Crippen LogP contribution in [0.5, 0.6) is 0 Å². The van der Waals surface area contributed by atoms with Gasteiger partial charge in [0.25, 0.3) is 0 Å². The lowest BCUT2D eigenvalue weighted by atomic mass is 10.4. The quantitative estimate of drug-likeness (QED) is 0.784. The fourth-order valence-electron chi connectivity index (χ4n) is 1.14. The highest BCUT2D eigenvalue weighted by molar-refractivity contribution is 9.10. The van der Waals surface area contributed by atoms with Crippen molar-refractivity contribution in [2.75, 3.05) is 25.1 Å². The Bertz CT molecular complexity index is 349. The fraction of sp³-hybridized carbons (Fsp3) is 0.600. The Hall–Kier alpha value is -0.390. The molecule has 16 heavy (non-hydrogen) atoms. The predicted octanol–water partition coefficient (Wildman–Crippen LogP) is 2.75. The molecule has 0 aliphatic carbocycles. The van der Waals surface area contributed by atoms with Crippen LogP contribution in [0.25, 0.3) is 0 Å². The average Bonchev–Trinajstić information content (AvgIpc) is 2.21. The largest absolute Gasteiger partial charge is 0.377 e. The zero-order valence-electron chi connectivity index (χ0n) is 9.57. The first kappa shape index (κ1) is 13.7. The maximum absolute atomic E-state index is 5.89. The molecule has 0 aliphatic heterocycles. The van der Waals surface area contributed by atoms with Crippen LogP contribution in [-0.4, -0.2) is 36.3 Å². The Labute approximate surface area is 109 Å². The van der Waals surface area contributed by atoms with Gasteiger partial charge in [-0.2, -0.15) is 0 Å². The molecule has 1 rings (SSSR count). The summed E-state index contributed by atoms with van der Waals surface area (Å²) < 4.78 is 6.18. The minimum Gasteiger partial charge on any atom is -0.377 e. The molecule has 0 aromatic carbocycles. The topological polar surface area (TPSA) is 38.2 Å². The van der Waals surface area contributed by atoms with Crippen molar-refractivity contribution in [3.05, 3.63) is 16.0 Å². The van der Waals surface area contributed by atoms with E-state index in [1.54, 1.807) is 0 Å². The van der Waals surface area contributed by atoms with Crippen molar-refractivity contribution >= 4 is 33.3 Å². The summed E-state index contributed by atoms with van der Waals surface area (Å²) >= 11 is 9.25. The van der Waals surface area contributed by atoms with Crippen LogP contribution in [0.4, 0.5) is 5.82 Å². The van der Waals surface area contributed by atoms with Gasteiger partial charge in [0.1, 0.15) is 17.3 Å². The van der Waals surface area contributed by atoms with E-state index in [2.05, 4.69) is 25.9 Å². The number of nitrogens with zero attached hydrogens (tertiary/aromatic N) is 3. The van der Waals surface area contributed by atoms with Crippen LogP contribution in [-0.2, 0) is 4.74 Å². The van der Waals surface area contributed by atoms with Crippen molar-refractivity contribution in [1.82, 2.24) is 9.97 Å². The monoisotopic (exact) mass is 307 g/mol. The molecular formula is C10H15BrClN3O. The Morgan fingerprint density at radius 3 is 2.81 bits per heavy atom. The summed E-state index contributed by atoms with van der Waals surface area (Å²) in [6, 6.07) is 0. The van der Waals surface area contributed by atoms with Crippen molar-refractivity contribution in [3.63, 3.8) is 0 Å². The van der Waals surface area contributed by atoms with E-state index >= 15 is 0 Å². The number of hydrogen-bond acceptors (Lipinski definition) is 4. The van der Waals surface area contributed by atoms with E-state index in [9.17, 15) is 0 Å². The van der Waals surface area contributed by atoms with Gasteiger partial charge in [-0.25, -0.2) is 9.97 Å². The zero-order valence-corrected chi connectivity index (χ0v) is 11.9. The molecule has 0 atom stereocenters. The van der Waals surface area contributed by atoms with E-state index in [0.29, 0.717) is 16.2 Å². The van der Waals surface area contributed by atoms with Gasteiger partial charge in [-0.1, -0.05) is 11.6 Å². The summed E-state index contributed by atoms with van der Waals surface area (Å²) in [5.41, 5.74) is 0. The van der Waals surface area contributed by atoms with Crippen molar-refractivity contribution in [3.8, 4) is 0 Å². The first-order valence-corrected chi connectivity index (χ1v) is 6.18. The molecule has 90 valence electrons. The summed E-state index contributed by atoms with van der Waals surface area (Å²) in [5.74, 6) is 0.771. The van der Waals surface area contributed by atoms with Gasteiger partial charge in [0, 0.05) is 13.6 Å². The molecule has 0 unspecified atom stereocenters. The third-order valence-corrected chi connectivity index (χ3v) is 3.21. The van der Waals surface area contributed by atoms with Crippen molar-refractivity contribution in [1.29, 1.82) is 0 Å². The van der Waals surface area contributed by atoms with E-state index < -0.39 is 0 Å². The molecule has 0 saturated heterocycles. The summed E-state index contributed by atoms with van der Waals surface area (Å²) in [5, 5.41) is 0.418. The summed E-state index contributed by atoms with van der Waals surface area (Å²) in [6.07, 6.45) is 1.69. The number of hydrogen-bond donors (Lipinski definition) is 0. The maximum atomic E-state index is 5.89. The zero-order chi connectivity index (χ0) is 12.1. The van der Waals surface area contributed by atoms with E-state index in [-0.39, 0.29) is 6.10 Å². The molecule has 0 radical (unpaired) electrons. The van der Waals surface area contributed by atoms with Crippen LogP contribution in [0.1, 0.15) is 13.8 Å². The Balaban J connectivity index is 2.59. The van der Waals surface area contributed by atoms with Crippen LogP contribution in [0.15, 0.2) is 10.8 Å². The van der Waals surface area contributed by atoms with Crippen LogP contribution < -0.4 is 4.90 Å². The lowest BCUT2D eigenvalue weighted by molar-refractivity contribution is 0.0845. The molecular weight excluding hydrogens is 293 g/mol. The second-order valence-electron chi connectivity index (χ2n) is 3.64. The summed E-state index contributed by atoms with van der Waals surface area (Å²) in [4.78, 5) is 10.0. The lowest BCUT2D eigenvalue weighted by Gasteiger charge is -2.20. The van der Waals surface area contributed by atoms with Crippen LogP contribution in [0.2, 0.25) is 5.15 Å². The van der Waals surface area contributed by atoms with E-state index in [0.717, 1.165) is 12.4 Å². The molecule has 6 heteroatoms. The van der Waals surface area contributed by atoms with Crippen molar-refractivity contribution in [2.45, 2.75) is 20.0 Å². The highest BCUT2D eigenvalue weighted by Crippen LogP contribution is 2.28. The molecule has 0 fully saturated rings. The third-order valence-electron chi connectivity index (χ3n) is 1.97. The molecule has 0 bridgehead atoms. The highest BCUT2D eigenvalue weighted by atomic mass is 79.9. The number of aromatic nitrogens is 2. The van der Waals surface area contributed by atoms with Crippen molar-refractivity contribution in [2.24, 2.45) is 0 Å². The Morgan fingerprint density at radius 1 is 1.50 bits per heavy atom. The summed E-state index contributed by atoms with van der Waals surface area (Å²) in [7, 11) is 1.94. The first-order valence-electron chi connectivity index (χ1n) is 5.01. The van der Waals surface area contributed by atoms with Gasteiger partial charge in [-0.05, 0) is 29.8 Å². The van der Waals surface area contributed by atoms with E-state index in [1.807, 2.05) is 25.8 Å². The number of halogens is 2. The molecule has 1 heterocycles. The lowest BCUT2D eigenvalue weighted by Crippen LogP contribution is -2.25. The number of ether oxygens (including phenoxy) is 1. The number of likely N-dealkylation sites (N-methyl/N-ethyl adjacent to an activating group) is 1. The minimum absolute atomic E-state index is 0.242. The molecule has 0 spiro atoms. The second kappa shape index (κ2) is 6.37. The average molecular weight is 309 g/mol. The van der Waals surface area contributed by atoms with Gasteiger partial charge in [0.2, 0.25) is 0 Å². The SMILES string of the molecule is CC(C)OCCN(C)c1ncnc(Cl)c1Br. The van der Waals surface area contributed by atoms with Gasteiger partial charge >= 0.3 is 0 Å². The third kappa shape index (κ3) is 3.88. The Kier molecular flexibility index (Phi) is 5.44. The van der Waals surface area contributed by atoms with Crippen LogP contribution in [0.3, 0.4) is 0 Å². The predicted molar refractivity (Wildman–Crippen MR) is 69.1 cm³/mol. The molecule has 0 N–H and O–H groups in total. The first-order chi connectivity index (χ1) is 7.52. The minimum atomic E-state index is 0.242. The normalized spacial score (nSPS) is 10.9. The van der Waals surface area contributed by atoms with Gasteiger partial charge in [-0.15, -0.1) is 0 Å². The smallest absolute Gasteiger partial charge is 0.148 e. The van der Waals surface area contributed by atoms with Crippen LogP contribution in [0, 0.1) is 0 Å². The fourth-order valence-corrected chi connectivity index (χ4v) is 1.77. The summed E-state index contributed by atoms with van der Waals surface area (Å²) in [6.45, 7) is 5.43. The second-order valence-corrected chi connectivity index (χ2v) is 4.79. The maximum Gasteiger partial charge on any atom is 0.148 e. The molecule has 1 aromatic heterocycles. The molecule has 0 amide bonds. The standard InChI is InChI=1S/C10H15BrClN3O/c1-7(2)16-5-4-15(3)10-8(11)9(12)13-6-14-10/h6-7H,4-5H2,1-3H3.